The average Bonchev–Trinajstić information content (AvgIpc) is 3.08. The van der Waals surface area contributed by atoms with Crippen LogP contribution in [0.4, 0.5) is 5.82 Å². The Bertz CT molecular complexity index is 915. The molecule has 0 bridgehead atoms. The number of carbonyl (C=O) groups is 1. The summed E-state index contributed by atoms with van der Waals surface area (Å²) in [6, 6.07) is 8.23. The Labute approximate surface area is 150 Å². The smallest absolute Gasteiger partial charge is 0.228 e. The lowest BCUT2D eigenvalue weighted by Gasteiger charge is -2.21. The maximum absolute atomic E-state index is 12.4. The largest absolute Gasteiger partial charge is 0.317 e. The van der Waals surface area contributed by atoms with Crippen molar-refractivity contribution in [3.8, 4) is 10.4 Å². The SMILES string of the molecule is Cc1ncc(-c2ccc3cnc(NC(=O)C4CCNCC4)cc3c2)s1. The summed E-state index contributed by atoms with van der Waals surface area (Å²) < 4.78 is 0. The molecule has 1 saturated heterocycles. The fraction of sp³-hybridized carbons (Fsp3) is 0.316. The first-order valence-corrected chi connectivity index (χ1v) is 9.35. The molecule has 25 heavy (non-hydrogen) atoms. The Balaban J connectivity index is 1.59. The van der Waals surface area contributed by atoms with Gasteiger partial charge in [0.15, 0.2) is 0 Å². The first-order chi connectivity index (χ1) is 12.2. The molecule has 2 N–H and O–H groups in total. The molecular formula is C19H20N4OS. The molecule has 0 atom stereocenters. The number of pyridine rings is 1. The van der Waals surface area contributed by atoms with Crippen LogP contribution in [0.3, 0.4) is 0 Å². The normalized spacial score (nSPS) is 15.4. The number of amides is 1. The number of piperidine rings is 1. The maximum Gasteiger partial charge on any atom is 0.228 e. The molecule has 0 saturated carbocycles. The molecule has 6 heteroatoms. The van der Waals surface area contributed by atoms with Gasteiger partial charge >= 0.3 is 0 Å². The number of nitrogens with one attached hydrogen (secondary N) is 2. The van der Waals surface area contributed by atoms with Gasteiger partial charge in [-0.3, -0.25) is 4.79 Å². The zero-order chi connectivity index (χ0) is 17.2. The molecule has 1 aliphatic heterocycles. The Kier molecular flexibility index (Phi) is 4.46. The second kappa shape index (κ2) is 6.90. The Morgan fingerprint density at radius 3 is 2.76 bits per heavy atom. The molecule has 1 amide bonds. The van der Waals surface area contributed by atoms with E-state index in [1.165, 1.54) is 0 Å². The predicted octanol–water partition coefficient (Wildman–Crippen LogP) is 3.60. The highest BCUT2D eigenvalue weighted by molar-refractivity contribution is 7.15. The summed E-state index contributed by atoms with van der Waals surface area (Å²) in [4.78, 5) is 22.3. The minimum absolute atomic E-state index is 0.0718. The van der Waals surface area contributed by atoms with Gasteiger partial charge in [0.05, 0.1) is 9.88 Å². The highest BCUT2D eigenvalue weighted by atomic mass is 32.1. The van der Waals surface area contributed by atoms with Crippen molar-refractivity contribution in [1.82, 2.24) is 15.3 Å². The van der Waals surface area contributed by atoms with Gasteiger partial charge in [0.2, 0.25) is 5.91 Å². The Hall–Kier alpha value is -2.31. The van der Waals surface area contributed by atoms with Crippen molar-refractivity contribution < 1.29 is 4.79 Å². The summed E-state index contributed by atoms with van der Waals surface area (Å²) in [5, 5.41) is 9.44. The number of hydrogen-bond acceptors (Lipinski definition) is 5. The van der Waals surface area contributed by atoms with Gasteiger partial charge in [-0.25, -0.2) is 9.97 Å². The van der Waals surface area contributed by atoms with Crippen LogP contribution in [0.1, 0.15) is 17.8 Å². The third-order valence-corrected chi connectivity index (χ3v) is 5.55. The third-order valence-electron chi connectivity index (χ3n) is 4.59. The van der Waals surface area contributed by atoms with E-state index in [0.29, 0.717) is 5.82 Å². The van der Waals surface area contributed by atoms with Gasteiger partial charge in [-0.05, 0) is 55.9 Å². The van der Waals surface area contributed by atoms with Crippen molar-refractivity contribution in [3.63, 3.8) is 0 Å². The zero-order valence-corrected chi connectivity index (χ0v) is 14.9. The van der Waals surface area contributed by atoms with E-state index in [4.69, 9.17) is 0 Å². The molecule has 4 rings (SSSR count). The van der Waals surface area contributed by atoms with E-state index in [1.54, 1.807) is 11.3 Å². The molecule has 128 valence electrons. The van der Waals surface area contributed by atoms with Crippen LogP contribution in [-0.2, 0) is 4.79 Å². The van der Waals surface area contributed by atoms with Crippen molar-refractivity contribution in [2.75, 3.05) is 18.4 Å². The van der Waals surface area contributed by atoms with Gasteiger partial charge in [-0.15, -0.1) is 11.3 Å². The second-order valence-electron chi connectivity index (χ2n) is 6.39. The monoisotopic (exact) mass is 352 g/mol. The number of thiazole rings is 1. The van der Waals surface area contributed by atoms with Crippen LogP contribution in [0.2, 0.25) is 0 Å². The maximum atomic E-state index is 12.4. The van der Waals surface area contributed by atoms with Crippen molar-refractivity contribution in [1.29, 1.82) is 0 Å². The first kappa shape index (κ1) is 16.2. The van der Waals surface area contributed by atoms with Gasteiger partial charge in [-0.2, -0.15) is 0 Å². The van der Waals surface area contributed by atoms with Gasteiger partial charge in [0.25, 0.3) is 0 Å². The lowest BCUT2D eigenvalue weighted by Crippen LogP contribution is -2.34. The number of hydrogen-bond donors (Lipinski definition) is 2. The van der Waals surface area contributed by atoms with Crippen LogP contribution >= 0.6 is 11.3 Å². The average molecular weight is 352 g/mol. The van der Waals surface area contributed by atoms with E-state index in [2.05, 4.69) is 38.8 Å². The highest BCUT2D eigenvalue weighted by Gasteiger charge is 2.21. The zero-order valence-electron chi connectivity index (χ0n) is 14.1. The van der Waals surface area contributed by atoms with Crippen LogP contribution in [0.15, 0.2) is 36.7 Å². The van der Waals surface area contributed by atoms with Crippen molar-refractivity contribution in [2.24, 2.45) is 5.92 Å². The summed E-state index contributed by atoms with van der Waals surface area (Å²) >= 11 is 1.68. The molecule has 3 aromatic rings. The van der Waals surface area contributed by atoms with E-state index in [1.807, 2.05) is 25.4 Å². The van der Waals surface area contributed by atoms with Gasteiger partial charge in [0, 0.05) is 23.7 Å². The van der Waals surface area contributed by atoms with Crippen LogP contribution in [0.25, 0.3) is 21.2 Å². The minimum atomic E-state index is 0.0718. The number of benzene rings is 1. The molecule has 5 nitrogen and oxygen atoms in total. The minimum Gasteiger partial charge on any atom is -0.317 e. The molecule has 3 heterocycles. The van der Waals surface area contributed by atoms with Crippen molar-refractivity contribution >= 4 is 33.8 Å². The fourth-order valence-electron chi connectivity index (χ4n) is 3.17. The van der Waals surface area contributed by atoms with Crippen molar-refractivity contribution in [2.45, 2.75) is 19.8 Å². The lowest BCUT2D eigenvalue weighted by atomic mass is 9.97. The molecule has 2 aromatic heterocycles. The van der Waals surface area contributed by atoms with E-state index < -0.39 is 0 Å². The van der Waals surface area contributed by atoms with Crippen LogP contribution in [0.5, 0.6) is 0 Å². The molecule has 0 spiro atoms. The van der Waals surface area contributed by atoms with E-state index in [0.717, 1.165) is 52.2 Å². The van der Waals surface area contributed by atoms with E-state index in [-0.39, 0.29) is 11.8 Å². The summed E-state index contributed by atoms with van der Waals surface area (Å²) in [6.45, 7) is 3.81. The second-order valence-corrected chi connectivity index (χ2v) is 7.62. The predicted molar refractivity (Wildman–Crippen MR) is 102 cm³/mol. The molecule has 1 aliphatic rings. The molecule has 0 unspecified atom stereocenters. The number of nitrogens with zero attached hydrogens (tertiary/aromatic N) is 2. The number of carbonyl (C=O) groups excluding carboxylic acids is 1. The molecular weight excluding hydrogens is 332 g/mol. The Morgan fingerprint density at radius 2 is 2.00 bits per heavy atom. The number of anilines is 1. The summed E-state index contributed by atoms with van der Waals surface area (Å²) in [5.41, 5.74) is 1.14. The summed E-state index contributed by atoms with van der Waals surface area (Å²) in [6.07, 6.45) is 5.49. The van der Waals surface area contributed by atoms with Crippen LogP contribution < -0.4 is 10.6 Å². The molecule has 1 aromatic carbocycles. The van der Waals surface area contributed by atoms with Gasteiger partial charge in [-0.1, -0.05) is 12.1 Å². The molecule has 1 fully saturated rings. The quantitative estimate of drug-likeness (QED) is 0.756. The number of aryl methyl sites for hydroxylation is 1. The van der Waals surface area contributed by atoms with E-state index in [9.17, 15) is 4.79 Å². The first-order valence-electron chi connectivity index (χ1n) is 8.53. The summed E-state index contributed by atoms with van der Waals surface area (Å²) in [7, 11) is 0. The number of fused-ring (bicyclic) bond motifs is 1. The summed E-state index contributed by atoms with van der Waals surface area (Å²) in [5.74, 6) is 0.765. The van der Waals surface area contributed by atoms with E-state index >= 15 is 0 Å². The van der Waals surface area contributed by atoms with Crippen molar-refractivity contribution in [3.05, 3.63) is 41.7 Å². The molecule has 0 aliphatic carbocycles. The van der Waals surface area contributed by atoms with Gasteiger partial charge in [0.1, 0.15) is 5.82 Å². The third kappa shape index (κ3) is 3.55. The highest BCUT2D eigenvalue weighted by Crippen LogP contribution is 2.29. The number of aromatic nitrogens is 2. The fourth-order valence-corrected chi connectivity index (χ4v) is 3.94. The Morgan fingerprint density at radius 1 is 1.16 bits per heavy atom. The van der Waals surface area contributed by atoms with Crippen LogP contribution in [-0.4, -0.2) is 29.0 Å². The standard InChI is InChI=1S/C19H20N4OS/c1-12-21-11-17(25-12)14-2-3-15-10-22-18(9-16(15)8-14)23-19(24)13-4-6-20-7-5-13/h2-3,8-11,13,20H,4-7H2,1H3,(H,22,23,24). The topological polar surface area (TPSA) is 66.9 Å². The van der Waals surface area contributed by atoms with Crippen LogP contribution in [0, 0.1) is 12.8 Å². The molecule has 0 radical (unpaired) electrons. The number of rotatable bonds is 3. The lowest BCUT2D eigenvalue weighted by molar-refractivity contribution is -0.120. The van der Waals surface area contributed by atoms with Gasteiger partial charge < -0.3 is 10.6 Å².